The second-order valence-corrected chi connectivity index (χ2v) is 9.55. The molecule has 0 saturated heterocycles. The first-order valence-electron chi connectivity index (χ1n) is 8.89. The number of benzene rings is 3. The number of rotatable bonds is 6. The van der Waals surface area contributed by atoms with Crippen molar-refractivity contribution in [3.8, 4) is 0 Å². The fourth-order valence-electron chi connectivity index (χ4n) is 3.06. The van der Waals surface area contributed by atoms with Gasteiger partial charge in [0.15, 0.2) is 15.0 Å². The largest absolute Gasteiger partial charge is 0.302 e. The number of carbonyl (C=O) groups excluding carboxylic acids is 1. The highest BCUT2D eigenvalue weighted by molar-refractivity contribution is 7.91. The molecule has 0 atom stereocenters. The Hall–Kier alpha value is -2.77. The number of sulfone groups is 1. The Morgan fingerprint density at radius 1 is 0.964 bits per heavy atom. The molecule has 1 amide bonds. The molecule has 0 fully saturated rings. The van der Waals surface area contributed by atoms with E-state index >= 15 is 0 Å². The smallest absolute Gasteiger partial charge is 0.226 e. The summed E-state index contributed by atoms with van der Waals surface area (Å²) in [5, 5.41) is 5.56. The van der Waals surface area contributed by atoms with Gasteiger partial charge in [0, 0.05) is 11.8 Å². The minimum absolute atomic E-state index is 0.0606. The van der Waals surface area contributed by atoms with E-state index in [1.54, 1.807) is 30.3 Å². The van der Waals surface area contributed by atoms with Crippen molar-refractivity contribution in [2.24, 2.45) is 0 Å². The lowest BCUT2D eigenvalue weighted by atomic mass is 10.1. The fourth-order valence-corrected chi connectivity index (χ4v) is 5.41. The van der Waals surface area contributed by atoms with Gasteiger partial charge >= 0.3 is 0 Å². The van der Waals surface area contributed by atoms with E-state index in [1.165, 1.54) is 11.3 Å². The van der Waals surface area contributed by atoms with E-state index in [4.69, 9.17) is 0 Å². The number of hydrogen-bond acceptors (Lipinski definition) is 5. The van der Waals surface area contributed by atoms with E-state index < -0.39 is 9.84 Å². The van der Waals surface area contributed by atoms with E-state index in [1.807, 2.05) is 36.4 Å². The number of amides is 1. The molecule has 28 heavy (non-hydrogen) atoms. The van der Waals surface area contributed by atoms with Gasteiger partial charge in [-0.2, -0.15) is 0 Å². The van der Waals surface area contributed by atoms with Gasteiger partial charge in [0.05, 0.1) is 20.9 Å². The highest BCUT2D eigenvalue weighted by Crippen LogP contribution is 2.32. The summed E-state index contributed by atoms with van der Waals surface area (Å²) in [5.74, 6) is -0.291. The van der Waals surface area contributed by atoms with E-state index in [0.717, 1.165) is 21.0 Å². The first-order chi connectivity index (χ1) is 13.5. The molecule has 7 heteroatoms. The number of aromatic nitrogens is 1. The topological polar surface area (TPSA) is 76.1 Å². The molecule has 0 spiro atoms. The average molecular weight is 411 g/mol. The zero-order chi connectivity index (χ0) is 19.6. The van der Waals surface area contributed by atoms with Crippen molar-refractivity contribution in [1.29, 1.82) is 0 Å². The van der Waals surface area contributed by atoms with Crippen molar-refractivity contribution in [1.82, 2.24) is 4.98 Å². The summed E-state index contributed by atoms with van der Waals surface area (Å²) < 4.78 is 25.6. The van der Waals surface area contributed by atoms with Gasteiger partial charge in [-0.25, -0.2) is 13.4 Å². The summed E-state index contributed by atoms with van der Waals surface area (Å²) in [5.41, 5.74) is 0.839. The Balaban J connectivity index is 1.41. The predicted molar refractivity (Wildman–Crippen MR) is 113 cm³/mol. The van der Waals surface area contributed by atoms with Crippen LogP contribution in [0.25, 0.3) is 21.0 Å². The molecular weight excluding hydrogens is 392 g/mol. The van der Waals surface area contributed by atoms with Crippen LogP contribution in [-0.2, 0) is 14.6 Å². The molecule has 0 bridgehead atoms. The van der Waals surface area contributed by atoms with Gasteiger partial charge in [0.25, 0.3) is 0 Å². The van der Waals surface area contributed by atoms with Crippen molar-refractivity contribution >= 4 is 53.2 Å². The van der Waals surface area contributed by atoms with Crippen molar-refractivity contribution in [3.63, 3.8) is 0 Å². The molecule has 4 rings (SSSR count). The van der Waals surface area contributed by atoms with Crippen LogP contribution in [0.1, 0.15) is 12.8 Å². The molecule has 0 radical (unpaired) electrons. The Morgan fingerprint density at radius 3 is 2.54 bits per heavy atom. The molecule has 142 valence electrons. The SMILES string of the molecule is O=C(CCCS(=O)(=O)c1ccccc1)Nc1nc2ccc3ccccc3c2s1. The van der Waals surface area contributed by atoms with E-state index in [0.29, 0.717) is 5.13 Å². The van der Waals surface area contributed by atoms with Crippen LogP contribution in [0.4, 0.5) is 5.13 Å². The van der Waals surface area contributed by atoms with Crippen molar-refractivity contribution in [2.45, 2.75) is 17.7 Å². The lowest BCUT2D eigenvalue weighted by Gasteiger charge is -2.04. The summed E-state index contributed by atoms with van der Waals surface area (Å²) in [6, 6.07) is 20.3. The number of nitrogens with zero attached hydrogens (tertiary/aromatic N) is 1. The molecule has 5 nitrogen and oxygen atoms in total. The standard InChI is InChI=1S/C21H18N2O3S2/c24-19(11-6-14-28(25,26)16-8-2-1-3-9-16)23-21-22-18-13-12-15-7-4-5-10-17(15)20(18)27-21/h1-5,7-10,12-13H,6,11,14H2,(H,22,23,24). The zero-order valence-electron chi connectivity index (χ0n) is 15.0. The first-order valence-corrected chi connectivity index (χ1v) is 11.4. The lowest BCUT2D eigenvalue weighted by molar-refractivity contribution is -0.116. The maximum absolute atomic E-state index is 12.3. The Labute approximate surface area is 167 Å². The fraction of sp³-hybridized carbons (Fsp3) is 0.143. The van der Waals surface area contributed by atoms with Crippen molar-refractivity contribution < 1.29 is 13.2 Å². The van der Waals surface area contributed by atoms with Gasteiger partial charge in [0.2, 0.25) is 5.91 Å². The van der Waals surface area contributed by atoms with Gasteiger partial charge in [-0.05, 0) is 30.0 Å². The first kappa shape index (κ1) is 18.6. The van der Waals surface area contributed by atoms with Crippen LogP contribution < -0.4 is 5.32 Å². The maximum Gasteiger partial charge on any atom is 0.226 e. The number of nitrogens with one attached hydrogen (secondary N) is 1. The molecule has 1 N–H and O–H groups in total. The van der Waals surface area contributed by atoms with Crippen LogP contribution >= 0.6 is 11.3 Å². The third-order valence-electron chi connectivity index (χ3n) is 4.45. The maximum atomic E-state index is 12.3. The van der Waals surface area contributed by atoms with Gasteiger partial charge in [-0.3, -0.25) is 4.79 Å². The molecule has 1 aromatic heterocycles. The molecule has 0 aliphatic carbocycles. The number of fused-ring (bicyclic) bond motifs is 3. The average Bonchev–Trinajstić information content (AvgIpc) is 3.11. The molecule has 1 heterocycles. The van der Waals surface area contributed by atoms with Gasteiger partial charge in [-0.1, -0.05) is 59.9 Å². The minimum Gasteiger partial charge on any atom is -0.302 e. The predicted octanol–water partition coefficient (Wildman–Crippen LogP) is 4.64. The highest BCUT2D eigenvalue weighted by Gasteiger charge is 2.15. The Bertz CT molecular complexity index is 1250. The number of thiazole rings is 1. The van der Waals surface area contributed by atoms with Gasteiger partial charge < -0.3 is 5.32 Å². The zero-order valence-corrected chi connectivity index (χ0v) is 16.6. The van der Waals surface area contributed by atoms with E-state index in [2.05, 4.69) is 10.3 Å². The summed E-state index contributed by atoms with van der Waals surface area (Å²) in [4.78, 5) is 17.0. The van der Waals surface area contributed by atoms with Crippen LogP contribution in [0.15, 0.2) is 71.6 Å². The normalized spacial score (nSPS) is 11.7. The molecule has 0 saturated carbocycles. The van der Waals surface area contributed by atoms with Crippen molar-refractivity contribution in [3.05, 3.63) is 66.7 Å². The molecular formula is C21H18N2O3S2. The monoisotopic (exact) mass is 410 g/mol. The quantitative estimate of drug-likeness (QED) is 0.502. The molecule has 0 unspecified atom stereocenters. The molecule has 3 aromatic carbocycles. The molecule has 0 aliphatic rings. The second kappa shape index (κ2) is 7.69. The van der Waals surface area contributed by atoms with Crippen LogP contribution in [0.3, 0.4) is 0 Å². The minimum atomic E-state index is -3.37. The summed E-state index contributed by atoms with van der Waals surface area (Å²) >= 11 is 1.43. The molecule has 0 aliphatic heterocycles. The summed E-state index contributed by atoms with van der Waals surface area (Å²) in [6.45, 7) is 0. The van der Waals surface area contributed by atoms with Crippen LogP contribution in [-0.4, -0.2) is 25.1 Å². The second-order valence-electron chi connectivity index (χ2n) is 6.44. The van der Waals surface area contributed by atoms with Crippen LogP contribution in [0.2, 0.25) is 0 Å². The van der Waals surface area contributed by atoms with Gasteiger partial charge in [-0.15, -0.1) is 0 Å². The van der Waals surface area contributed by atoms with Crippen LogP contribution in [0, 0.1) is 0 Å². The van der Waals surface area contributed by atoms with E-state index in [9.17, 15) is 13.2 Å². The highest BCUT2D eigenvalue weighted by atomic mass is 32.2. The Morgan fingerprint density at radius 2 is 1.71 bits per heavy atom. The summed E-state index contributed by atoms with van der Waals surface area (Å²) in [6.07, 6.45) is 0.389. The third-order valence-corrected chi connectivity index (χ3v) is 7.28. The summed E-state index contributed by atoms with van der Waals surface area (Å²) in [7, 11) is -3.37. The van der Waals surface area contributed by atoms with Gasteiger partial charge in [0.1, 0.15) is 0 Å². The van der Waals surface area contributed by atoms with E-state index in [-0.39, 0.29) is 29.4 Å². The lowest BCUT2D eigenvalue weighted by Crippen LogP contribution is -2.14. The number of hydrogen-bond donors (Lipinski definition) is 1. The molecule has 4 aromatic rings. The third kappa shape index (κ3) is 3.90. The number of carbonyl (C=O) groups is 1. The van der Waals surface area contributed by atoms with Crippen molar-refractivity contribution in [2.75, 3.05) is 11.1 Å². The number of anilines is 1. The Kier molecular flexibility index (Phi) is 5.11. The van der Waals surface area contributed by atoms with Crippen LogP contribution in [0.5, 0.6) is 0 Å².